The molecule has 2 saturated heterocycles. The lowest BCUT2D eigenvalue weighted by atomic mass is 9.93. The molecule has 12 heteroatoms. The van der Waals surface area contributed by atoms with E-state index in [0.29, 0.717) is 45.1 Å². The number of aromatic nitrogens is 1. The minimum absolute atomic E-state index is 0.140. The van der Waals surface area contributed by atoms with Gasteiger partial charge in [0.2, 0.25) is 23.6 Å². The van der Waals surface area contributed by atoms with Gasteiger partial charge in [0.1, 0.15) is 31.3 Å². The second kappa shape index (κ2) is 16.3. The molecule has 12 nitrogen and oxygen atoms in total. The fourth-order valence-corrected chi connectivity index (χ4v) is 6.21. The number of allylic oxidation sites excluding steroid dienone is 1. The third-order valence-electron chi connectivity index (χ3n) is 9.08. The predicted octanol–water partition coefficient (Wildman–Crippen LogP) is 2.43. The Morgan fingerprint density at radius 3 is 2.48 bits per heavy atom. The van der Waals surface area contributed by atoms with Gasteiger partial charge < -0.3 is 30.4 Å². The summed E-state index contributed by atoms with van der Waals surface area (Å²) in [5, 5.41) is 9.70. The number of carbonyl (C=O) groups is 5. The van der Waals surface area contributed by atoms with Crippen molar-refractivity contribution in [2.24, 2.45) is 5.92 Å². The number of methoxy groups -OCH3 is 1. The molecular formula is C34H47N5O7. The second-order valence-electron chi connectivity index (χ2n) is 12.1. The molecule has 0 spiro atoms. The molecule has 3 heterocycles. The van der Waals surface area contributed by atoms with Gasteiger partial charge in [0, 0.05) is 30.6 Å². The van der Waals surface area contributed by atoms with Crippen LogP contribution in [0.15, 0.2) is 42.6 Å². The first kappa shape index (κ1) is 34.5. The highest BCUT2D eigenvalue weighted by Gasteiger charge is 2.40. The van der Waals surface area contributed by atoms with Crippen LogP contribution < -0.4 is 20.8 Å². The van der Waals surface area contributed by atoms with E-state index in [4.69, 9.17) is 4.84 Å². The number of ether oxygens (including phenoxy) is 1. The summed E-state index contributed by atoms with van der Waals surface area (Å²) < 4.78 is 6.23. The summed E-state index contributed by atoms with van der Waals surface area (Å²) in [6.45, 7) is 4.27. The lowest BCUT2D eigenvalue weighted by Crippen LogP contribution is -2.64. The number of nitrogens with zero attached hydrogens (tertiary/aromatic N) is 2. The van der Waals surface area contributed by atoms with Gasteiger partial charge in [-0.3, -0.25) is 19.2 Å². The molecular weight excluding hydrogens is 590 g/mol. The number of benzene rings is 1. The number of fused-ring (bicyclic) bond motifs is 2. The molecule has 0 radical (unpaired) electrons. The Labute approximate surface area is 270 Å². The summed E-state index contributed by atoms with van der Waals surface area (Å²) in [6.07, 6.45) is 9.80. The van der Waals surface area contributed by atoms with E-state index in [1.165, 1.54) is 13.2 Å². The van der Waals surface area contributed by atoms with Crippen molar-refractivity contribution < 1.29 is 33.5 Å². The number of unbranched alkanes of at least 4 members (excludes halogenated alkanes) is 2. The molecule has 0 aliphatic carbocycles. The molecule has 4 rings (SSSR count). The fourth-order valence-electron chi connectivity index (χ4n) is 6.21. The van der Waals surface area contributed by atoms with Crippen molar-refractivity contribution in [1.82, 2.24) is 25.6 Å². The summed E-state index contributed by atoms with van der Waals surface area (Å²) in [4.78, 5) is 74.2. The van der Waals surface area contributed by atoms with Crippen LogP contribution in [-0.2, 0) is 35.1 Å². The molecule has 46 heavy (non-hydrogen) atoms. The number of para-hydroxylation sites is 1. The number of piperidine rings is 1. The number of esters is 1. The zero-order valence-corrected chi connectivity index (χ0v) is 27.3. The molecule has 4 amide bonds. The van der Waals surface area contributed by atoms with Crippen LogP contribution in [-0.4, -0.2) is 84.2 Å². The van der Waals surface area contributed by atoms with Gasteiger partial charge in [-0.15, -0.1) is 0 Å². The van der Waals surface area contributed by atoms with Crippen molar-refractivity contribution in [2.45, 2.75) is 95.8 Å². The largest absolute Gasteiger partial charge is 0.466 e. The van der Waals surface area contributed by atoms with Crippen molar-refractivity contribution in [1.29, 1.82) is 0 Å². The number of nitrogens with one attached hydrogen (secondary N) is 3. The summed E-state index contributed by atoms with van der Waals surface area (Å²) in [5.41, 5.74) is 1.60. The van der Waals surface area contributed by atoms with E-state index in [1.807, 2.05) is 38.1 Å². The molecule has 0 unspecified atom stereocenters. The number of rotatable bonds is 11. The van der Waals surface area contributed by atoms with Crippen LogP contribution in [0.5, 0.6) is 0 Å². The van der Waals surface area contributed by atoms with Gasteiger partial charge in [-0.1, -0.05) is 51.0 Å². The highest BCUT2D eigenvalue weighted by atomic mass is 16.6. The molecule has 0 bridgehead atoms. The van der Waals surface area contributed by atoms with E-state index in [9.17, 15) is 24.0 Å². The first-order valence-corrected chi connectivity index (χ1v) is 16.3. The summed E-state index contributed by atoms with van der Waals surface area (Å²) >= 11 is 0. The summed E-state index contributed by atoms with van der Waals surface area (Å²) in [7, 11) is 2.86. The fraction of sp³-hybridized carbons (Fsp3) is 0.559. The van der Waals surface area contributed by atoms with Crippen molar-refractivity contribution in [3.63, 3.8) is 0 Å². The Kier molecular flexibility index (Phi) is 12.2. The van der Waals surface area contributed by atoms with E-state index in [1.54, 1.807) is 29.0 Å². The van der Waals surface area contributed by atoms with Crippen LogP contribution in [0.4, 0.5) is 0 Å². The average molecular weight is 638 g/mol. The van der Waals surface area contributed by atoms with E-state index < -0.39 is 42.0 Å². The Morgan fingerprint density at radius 2 is 1.74 bits per heavy atom. The molecule has 250 valence electrons. The first-order chi connectivity index (χ1) is 22.2. The van der Waals surface area contributed by atoms with Gasteiger partial charge in [-0.2, -0.15) is 4.73 Å². The normalized spacial score (nSPS) is 23.5. The minimum atomic E-state index is -1.03. The smallest absolute Gasteiger partial charge is 0.330 e. The van der Waals surface area contributed by atoms with Crippen molar-refractivity contribution in [3.05, 3.63) is 48.2 Å². The quantitative estimate of drug-likeness (QED) is 0.195. The monoisotopic (exact) mass is 637 g/mol. The van der Waals surface area contributed by atoms with Crippen LogP contribution in [0.25, 0.3) is 10.9 Å². The lowest BCUT2D eigenvalue weighted by molar-refractivity contribution is -0.147. The molecule has 1 aromatic carbocycles. The number of hydrogen-bond donors (Lipinski definition) is 3. The zero-order valence-electron chi connectivity index (χ0n) is 27.3. The number of hydrogen-bond acceptors (Lipinski definition) is 7. The van der Waals surface area contributed by atoms with Gasteiger partial charge in [0.25, 0.3) is 0 Å². The zero-order chi connectivity index (χ0) is 33.2. The van der Waals surface area contributed by atoms with E-state index in [2.05, 4.69) is 20.7 Å². The standard InChI is InChI=1S/C34H47N5O7/c1-5-22(2)30-34(44)38-19-13-12-17-28(38)33(43)35-25(15-8-6-7-9-18-29(40)45-3)31(41)36-26(32(42)37-30)20-23-21-39(46-4)27-16-11-10-14-24(23)27/h9-11,14,16,18,21-22,25-26,28,30H,5-8,12-13,15,17,19-20H2,1-4H3,(H,35,43)(H,36,41)(H,37,42)/b18-9+/t22-,25-,26-,28+,30-/m0/s1. The average Bonchev–Trinajstić information content (AvgIpc) is 3.43. The maximum Gasteiger partial charge on any atom is 0.330 e. The van der Waals surface area contributed by atoms with Crippen LogP contribution in [0.2, 0.25) is 0 Å². The molecule has 2 aliphatic rings. The van der Waals surface area contributed by atoms with Crippen LogP contribution in [0.1, 0.15) is 70.8 Å². The molecule has 0 saturated carbocycles. The van der Waals surface area contributed by atoms with Gasteiger partial charge in [-0.25, -0.2) is 4.79 Å². The number of carbonyl (C=O) groups excluding carboxylic acids is 5. The predicted molar refractivity (Wildman–Crippen MR) is 172 cm³/mol. The maximum absolute atomic E-state index is 14.0. The van der Waals surface area contributed by atoms with Gasteiger partial charge in [-0.05, 0) is 56.1 Å². The van der Waals surface area contributed by atoms with Crippen LogP contribution in [0, 0.1) is 5.92 Å². The minimum Gasteiger partial charge on any atom is -0.466 e. The third-order valence-corrected chi connectivity index (χ3v) is 9.08. The molecule has 1 aromatic heterocycles. The van der Waals surface area contributed by atoms with Crippen molar-refractivity contribution >= 4 is 40.5 Å². The molecule has 5 atom stereocenters. The molecule has 2 fully saturated rings. The summed E-state index contributed by atoms with van der Waals surface area (Å²) in [6, 6.07) is 4.09. The Morgan fingerprint density at radius 1 is 1.00 bits per heavy atom. The topological polar surface area (TPSA) is 148 Å². The lowest BCUT2D eigenvalue weighted by Gasteiger charge is -2.39. The third kappa shape index (κ3) is 8.27. The van der Waals surface area contributed by atoms with Crippen molar-refractivity contribution in [3.8, 4) is 0 Å². The summed E-state index contributed by atoms with van der Waals surface area (Å²) in [5.74, 6) is -2.22. The highest BCUT2D eigenvalue weighted by Crippen LogP contribution is 2.24. The number of amides is 4. The van der Waals surface area contributed by atoms with Crippen molar-refractivity contribution in [2.75, 3.05) is 20.8 Å². The Bertz CT molecular complexity index is 1440. The Hall–Kier alpha value is -4.35. The molecule has 2 aromatic rings. The molecule has 2 aliphatic heterocycles. The van der Waals surface area contributed by atoms with E-state index in [-0.39, 0.29) is 24.2 Å². The van der Waals surface area contributed by atoms with Crippen LogP contribution >= 0.6 is 0 Å². The van der Waals surface area contributed by atoms with Gasteiger partial charge in [0.05, 0.1) is 12.6 Å². The van der Waals surface area contributed by atoms with Gasteiger partial charge in [0.15, 0.2) is 0 Å². The Balaban J connectivity index is 1.65. The van der Waals surface area contributed by atoms with E-state index >= 15 is 0 Å². The highest BCUT2D eigenvalue weighted by molar-refractivity contribution is 5.98. The van der Waals surface area contributed by atoms with Crippen LogP contribution in [0.3, 0.4) is 0 Å². The maximum atomic E-state index is 14.0. The molecule has 3 N–H and O–H groups in total. The van der Waals surface area contributed by atoms with E-state index in [0.717, 1.165) is 29.3 Å². The SMILES string of the molecule is CC[C@H](C)[C@@H]1NC(=O)[C@H](Cc2cn(OC)c3ccccc23)NC(=O)[C@H](CCCC/C=C/C(=O)OC)NC(=O)[C@H]2CCCCN2C1=O. The van der Waals surface area contributed by atoms with Gasteiger partial charge >= 0.3 is 5.97 Å². The first-order valence-electron chi connectivity index (χ1n) is 16.3. The second-order valence-corrected chi connectivity index (χ2v) is 12.1.